The van der Waals surface area contributed by atoms with Crippen LogP contribution in [0.5, 0.6) is 11.5 Å². The van der Waals surface area contributed by atoms with Gasteiger partial charge in [-0.05, 0) is 42.8 Å². The van der Waals surface area contributed by atoms with Gasteiger partial charge < -0.3 is 9.84 Å². The van der Waals surface area contributed by atoms with Gasteiger partial charge in [-0.2, -0.15) is 0 Å². The summed E-state index contributed by atoms with van der Waals surface area (Å²) < 4.78 is 30.5. The minimum atomic E-state index is -3.59. The molecular formula is C18H17NO4S2. The number of hydrogen-bond donors (Lipinski definition) is 1. The molecule has 25 heavy (non-hydrogen) atoms. The van der Waals surface area contributed by atoms with Crippen molar-refractivity contribution < 1.29 is 18.3 Å². The standard InChI is InChI=1S/C18H17NO4S2/c1-12-3-6-15(7-4-12)25(21,22)18-19-14(11-24-18)9-13-5-8-16(20)17(10-13)23-2/h3-10,20H,11H2,1-2H3/b14-9-. The molecule has 130 valence electrons. The quantitative estimate of drug-likeness (QED) is 0.887. The number of hydrogen-bond acceptors (Lipinski definition) is 6. The molecule has 7 heteroatoms. The number of phenols is 1. The molecule has 0 aromatic heterocycles. The Morgan fingerprint density at radius 3 is 2.60 bits per heavy atom. The minimum absolute atomic E-state index is 0.0524. The Bertz CT molecular complexity index is 961. The summed E-state index contributed by atoms with van der Waals surface area (Å²) in [5, 5.41) is 9.63. The summed E-state index contributed by atoms with van der Waals surface area (Å²) in [7, 11) is -2.12. The molecule has 0 amide bonds. The molecule has 2 aromatic rings. The fourth-order valence-electron chi connectivity index (χ4n) is 2.32. The van der Waals surface area contributed by atoms with E-state index in [-0.39, 0.29) is 15.0 Å². The molecule has 0 aliphatic carbocycles. The lowest BCUT2D eigenvalue weighted by atomic mass is 10.2. The van der Waals surface area contributed by atoms with Crippen LogP contribution in [-0.4, -0.2) is 30.8 Å². The Morgan fingerprint density at radius 1 is 1.20 bits per heavy atom. The molecule has 1 heterocycles. The third-order valence-corrected chi connectivity index (χ3v) is 6.91. The van der Waals surface area contributed by atoms with Crippen molar-refractivity contribution in [2.75, 3.05) is 12.9 Å². The van der Waals surface area contributed by atoms with E-state index in [2.05, 4.69) is 4.99 Å². The van der Waals surface area contributed by atoms with Crippen molar-refractivity contribution in [3.8, 4) is 11.5 Å². The first-order valence-corrected chi connectivity index (χ1v) is 9.98. The molecule has 1 N–H and O–H groups in total. The molecule has 0 unspecified atom stereocenters. The largest absolute Gasteiger partial charge is 0.504 e. The average molecular weight is 375 g/mol. The van der Waals surface area contributed by atoms with Crippen molar-refractivity contribution in [2.45, 2.75) is 11.8 Å². The normalized spacial score (nSPS) is 16.1. The predicted molar refractivity (Wildman–Crippen MR) is 101 cm³/mol. The lowest BCUT2D eigenvalue weighted by molar-refractivity contribution is 0.373. The molecule has 1 aliphatic rings. The fraction of sp³-hybridized carbons (Fsp3) is 0.167. The SMILES string of the molecule is COc1cc(/C=C2/CSC(S(=O)(=O)c3ccc(C)cc3)=N2)ccc1O. The second-order valence-electron chi connectivity index (χ2n) is 5.55. The highest BCUT2D eigenvalue weighted by atomic mass is 32.3. The van der Waals surface area contributed by atoms with E-state index in [1.165, 1.54) is 24.9 Å². The second kappa shape index (κ2) is 6.93. The number of aromatic hydroxyl groups is 1. The lowest BCUT2D eigenvalue weighted by Gasteiger charge is -2.04. The van der Waals surface area contributed by atoms with Crippen LogP contribution in [0, 0.1) is 6.92 Å². The zero-order valence-corrected chi connectivity index (χ0v) is 15.4. The van der Waals surface area contributed by atoms with E-state index >= 15 is 0 Å². The highest BCUT2D eigenvalue weighted by Gasteiger charge is 2.27. The van der Waals surface area contributed by atoms with Crippen molar-refractivity contribution >= 4 is 32.1 Å². The monoisotopic (exact) mass is 375 g/mol. The van der Waals surface area contributed by atoms with E-state index in [1.54, 1.807) is 42.5 Å². The van der Waals surface area contributed by atoms with Crippen molar-refractivity contribution in [1.82, 2.24) is 0 Å². The second-order valence-corrected chi connectivity index (χ2v) is 8.64. The van der Waals surface area contributed by atoms with E-state index in [9.17, 15) is 13.5 Å². The molecule has 0 atom stereocenters. The van der Waals surface area contributed by atoms with Crippen LogP contribution in [0.4, 0.5) is 0 Å². The van der Waals surface area contributed by atoms with Crippen LogP contribution >= 0.6 is 11.8 Å². The number of nitrogens with zero attached hydrogens (tertiary/aromatic N) is 1. The Hall–Kier alpha value is -2.25. The van der Waals surface area contributed by atoms with Gasteiger partial charge in [-0.1, -0.05) is 35.5 Å². The summed E-state index contributed by atoms with van der Waals surface area (Å²) in [6, 6.07) is 11.7. The van der Waals surface area contributed by atoms with Crippen LogP contribution in [-0.2, 0) is 9.84 Å². The first kappa shape index (κ1) is 17.6. The summed E-state index contributed by atoms with van der Waals surface area (Å²) in [4.78, 5) is 4.53. The third-order valence-electron chi connectivity index (χ3n) is 3.68. The number of methoxy groups -OCH3 is 1. The first-order chi connectivity index (χ1) is 11.9. The maximum absolute atomic E-state index is 12.7. The molecule has 0 saturated carbocycles. The number of sulfone groups is 1. The summed E-state index contributed by atoms with van der Waals surface area (Å²) in [5.41, 5.74) is 2.44. The summed E-state index contributed by atoms with van der Waals surface area (Å²) in [5.74, 6) is 0.886. The lowest BCUT2D eigenvalue weighted by Crippen LogP contribution is -2.09. The number of phenolic OH excluding ortho intramolecular Hbond substituents is 1. The topological polar surface area (TPSA) is 76.0 Å². The van der Waals surface area contributed by atoms with Crippen LogP contribution < -0.4 is 4.74 Å². The fourth-order valence-corrected chi connectivity index (χ4v) is 4.94. The molecule has 3 rings (SSSR count). The average Bonchev–Trinajstić information content (AvgIpc) is 3.06. The van der Waals surface area contributed by atoms with Gasteiger partial charge in [0.2, 0.25) is 9.84 Å². The Balaban J connectivity index is 1.90. The highest BCUT2D eigenvalue weighted by Crippen LogP contribution is 2.31. The number of thioether (sulfide) groups is 1. The van der Waals surface area contributed by atoms with Gasteiger partial charge in [0.25, 0.3) is 0 Å². The summed E-state index contributed by atoms with van der Waals surface area (Å²) >= 11 is 1.20. The number of rotatable bonds is 3. The molecule has 0 saturated heterocycles. The van der Waals surface area contributed by atoms with Gasteiger partial charge in [-0.3, -0.25) is 0 Å². The number of aryl methyl sites for hydroxylation is 1. The molecule has 0 fully saturated rings. The minimum Gasteiger partial charge on any atom is -0.504 e. The van der Waals surface area contributed by atoms with Crippen LogP contribution in [0.15, 0.2) is 58.0 Å². The van der Waals surface area contributed by atoms with Crippen molar-refractivity contribution in [2.24, 2.45) is 4.99 Å². The number of benzene rings is 2. The predicted octanol–water partition coefficient (Wildman–Crippen LogP) is 3.63. The first-order valence-electron chi connectivity index (χ1n) is 7.51. The van der Waals surface area contributed by atoms with E-state index in [0.717, 1.165) is 11.1 Å². The Kier molecular flexibility index (Phi) is 4.87. The molecule has 0 bridgehead atoms. The maximum Gasteiger partial charge on any atom is 0.230 e. The molecule has 0 spiro atoms. The summed E-state index contributed by atoms with van der Waals surface area (Å²) in [6.07, 6.45) is 1.78. The molecule has 5 nitrogen and oxygen atoms in total. The van der Waals surface area contributed by atoms with E-state index in [0.29, 0.717) is 17.2 Å². The van der Waals surface area contributed by atoms with Crippen LogP contribution in [0.25, 0.3) is 6.08 Å². The molecule has 2 aromatic carbocycles. The zero-order chi connectivity index (χ0) is 18.0. The molecule has 0 radical (unpaired) electrons. The van der Waals surface area contributed by atoms with Crippen molar-refractivity contribution in [3.05, 3.63) is 59.3 Å². The Morgan fingerprint density at radius 2 is 1.92 bits per heavy atom. The third kappa shape index (κ3) is 3.72. The van der Waals surface area contributed by atoms with Gasteiger partial charge in [0.15, 0.2) is 15.9 Å². The maximum atomic E-state index is 12.7. The number of aliphatic imine (C=N–C) groups is 1. The van der Waals surface area contributed by atoms with Crippen molar-refractivity contribution in [1.29, 1.82) is 0 Å². The van der Waals surface area contributed by atoms with Gasteiger partial charge in [-0.15, -0.1) is 0 Å². The van der Waals surface area contributed by atoms with Gasteiger partial charge in [0.05, 0.1) is 17.7 Å². The molecular weight excluding hydrogens is 358 g/mol. The number of ether oxygens (including phenoxy) is 1. The Labute approximate surface area is 151 Å². The van der Waals surface area contributed by atoms with Gasteiger partial charge in [0.1, 0.15) is 0 Å². The van der Waals surface area contributed by atoms with Gasteiger partial charge >= 0.3 is 0 Å². The highest BCUT2D eigenvalue weighted by molar-refractivity contribution is 8.35. The van der Waals surface area contributed by atoms with Crippen LogP contribution in [0.1, 0.15) is 11.1 Å². The van der Waals surface area contributed by atoms with Crippen LogP contribution in [0.2, 0.25) is 0 Å². The van der Waals surface area contributed by atoms with Crippen molar-refractivity contribution in [3.63, 3.8) is 0 Å². The van der Waals surface area contributed by atoms with Gasteiger partial charge in [0, 0.05) is 5.75 Å². The van der Waals surface area contributed by atoms with Gasteiger partial charge in [-0.25, -0.2) is 13.4 Å². The van der Waals surface area contributed by atoms with Crippen LogP contribution in [0.3, 0.4) is 0 Å². The zero-order valence-electron chi connectivity index (χ0n) is 13.8. The van der Waals surface area contributed by atoms with E-state index in [4.69, 9.17) is 4.74 Å². The van der Waals surface area contributed by atoms with E-state index < -0.39 is 9.84 Å². The smallest absolute Gasteiger partial charge is 0.230 e. The molecule has 1 aliphatic heterocycles. The van der Waals surface area contributed by atoms with E-state index in [1.807, 2.05) is 6.92 Å². The summed E-state index contributed by atoms with van der Waals surface area (Å²) in [6.45, 7) is 1.91.